The molecule has 0 spiro atoms. The summed E-state index contributed by atoms with van der Waals surface area (Å²) >= 11 is 0. The largest absolute Gasteiger partial charge is 0.270 e. The van der Waals surface area contributed by atoms with Gasteiger partial charge in [0.25, 0.3) is 5.56 Å². The van der Waals surface area contributed by atoms with E-state index in [0.717, 1.165) is 0 Å². The lowest BCUT2D eigenvalue weighted by atomic mass is 10.3. The molecule has 7 nitrogen and oxygen atoms in total. The molecule has 0 fully saturated rings. The summed E-state index contributed by atoms with van der Waals surface area (Å²) < 4.78 is 14.8. The smallest absolute Gasteiger partial charge is 0.268 e. The average molecular weight is 325 g/mol. The van der Waals surface area contributed by atoms with E-state index < -0.39 is 10.8 Å². The van der Waals surface area contributed by atoms with E-state index >= 15 is 0 Å². The molecular formula is C15H11N5O2S. The number of para-hydroxylation sites is 1. The molecule has 0 aliphatic carbocycles. The van der Waals surface area contributed by atoms with Crippen molar-refractivity contribution in [3.63, 3.8) is 0 Å². The van der Waals surface area contributed by atoms with Gasteiger partial charge in [0.1, 0.15) is 5.39 Å². The Morgan fingerprint density at radius 2 is 1.91 bits per heavy atom. The van der Waals surface area contributed by atoms with Gasteiger partial charge in [-0.25, -0.2) is 19.5 Å². The maximum atomic E-state index is 12.9. The highest BCUT2D eigenvalue weighted by atomic mass is 32.2. The number of aromatic nitrogens is 5. The number of benzene rings is 1. The first-order valence-electron chi connectivity index (χ1n) is 6.80. The van der Waals surface area contributed by atoms with Crippen LogP contribution in [-0.4, -0.2) is 34.4 Å². The number of fused-ring (bicyclic) bond motifs is 3. The topological polar surface area (TPSA) is 82.1 Å². The van der Waals surface area contributed by atoms with E-state index in [1.54, 1.807) is 16.8 Å². The summed E-state index contributed by atoms with van der Waals surface area (Å²) in [5, 5.41) is 0.526. The lowest BCUT2D eigenvalue weighted by molar-refractivity contribution is 0.680. The van der Waals surface area contributed by atoms with Crippen molar-refractivity contribution < 1.29 is 4.21 Å². The maximum absolute atomic E-state index is 12.9. The van der Waals surface area contributed by atoms with Crippen molar-refractivity contribution in [2.24, 2.45) is 0 Å². The van der Waals surface area contributed by atoms with E-state index in [1.807, 2.05) is 30.3 Å². The van der Waals surface area contributed by atoms with Crippen LogP contribution in [0.2, 0.25) is 0 Å². The summed E-state index contributed by atoms with van der Waals surface area (Å²) in [6.07, 6.45) is 6.22. The number of imidazole rings is 1. The molecule has 4 aromatic rings. The Balaban J connectivity index is 2.19. The number of rotatable bonds is 2. The van der Waals surface area contributed by atoms with E-state index in [4.69, 9.17) is 0 Å². The van der Waals surface area contributed by atoms with E-state index in [0.29, 0.717) is 22.5 Å². The molecule has 23 heavy (non-hydrogen) atoms. The second-order valence-electron chi connectivity index (χ2n) is 4.92. The molecule has 3 heterocycles. The molecule has 1 atom stereocenters. The fourth-order valence-electron chi connectivity index (χ4n) is 2.48. The molecule has 0 aliphatic rings. The first-order valence-corrected chi connectivity index (χ1v) is 8.36. The van der Waals surface area contributed by atoms with Crippen molar-refractivity contribution in [2.75, 3.05) is 6.26 Å². The van der Waals surface area contributed by atoms with Gasteiger partial charge >= 0.3 is 0 Å². The Labute approximate surface area is 132 Å². The van der Waals surface area contributed by atoms with Crippen molar-refractivity contribution in [1.29, 1.82) is 0 Å². The highest BCUT2D eigenvalue weighted by Crippen LogP contribution is 2.15. The van der Waals surface area contributed by atoms with Crippen molar-refractivity contribution >= 4 is 27.6 Å². The third kappa shape index (κ3) is 2.07. The van der Waals surface area contributed by atoms with E-state index in [-0.39, 0.29) is 10.7 Å². The van der Waals surface area contributed by atoms with Crippen LogP contribution in [-0.2, 0) is 10.8 Å². The molecule has 1 aromatic carbocycles. The standard InChI is InChI=1S/C15H11N5O2S/c1-23(22)14-17-9-11-12(18-14)19-8-7-16-15(19)20(13(11)21)10-5-3-2-4-6-10/h2-9H,1H3. The number of hydrogen-bond acceptors (Lipinski definition) is 5. The molecule has 0 bridgehead atoms. The molecular weight excluding hydrogens is 314 g/mol. The van der Waals surface area contributed by atoms with Gasteiger partial charge in [0.05, 0.1) is 16.5 Å². The minimum absolute atomic E-state index is 0.185. The van der Waals surface area contributed by atoms with Crippen molar-refractivity contribution in [3.05, 3.63) is 59.3 Å². The second kappa shape index (κ2) is 5.10. The predicted octanol–water partition coefficient (Wildman–Crippen LogP) is 1.17. The third-order valence-corrected chi connectivity index (χ3v) is 4.21. The summed E-state index contributed by atoms with van der Waals surface area (Å²) in [6, 6.07) is 9.25. The molecule has 3 aromatic heterocycles. The summed E-state index contributed by atoms with van der Waals surface area (Å²) in [4.78, 5) is 25.4. The summed E-state index contributed by atoms with van der Waals surface area (Å²) in [5.74, 6) is 0.445. The zero-order chi connectivity index (χ0) is 16.0. The molecule has 8 heteroatoms. The van der Waals surface area contributed by atoms with E-state index in [9.17, 15) is 9.00 Å². The quantitative estimate of drug-likeness (QED) is 0.517. The van der Waals surface area contributed by atoms with Gasteiger partial charge in [0, 0.05) is 24.8 Å². The number of hydrogen-bond donors (Lipinski definition) is 0. The molecule has 0 saturated heterocycles. The Bertz CT molecular complexity index is 1120. The zero-order valence-electron chi connectivity index (χ0n) is 12.1. The minimum atomic E-state index is -1.33. The fraction of sp³-hybridized carbons (Fsp3) is 0.0667. The molecule has 1 unspecified atom stereocenters. The summed E-state index contributed by atoms with van der Waals surface area (Å²) in [6.45, 7) is 0. The Morgan fingerprint density at radius 3 is 2.65 bits per heavy atom. The van der Waals surface area contributed by atoms with E-state index in [1.165, 1.54) is 17.0 Å². The average Bonchev–Trinajstić information content (AvgIpc) is 3.05. The van der Waals surface area contributed by atoms with Gasteiger partial charge in [0.2, 0.25) is 10.9 Å². The van der Waals surface area contributed by atoms with Gasteiger partial charge in [-0.2, -0.15) is 0 Å². The highest BCUT2D eigenvalue weighted by Gasteiger charge is 2.15. The molecule has 0 amide bonds. The van der Waals surface area contributed by atoms with Crippen molar-refractivity contribution in [3.8, 4) is 5.69 Å². The molecule has 0 saturated carbocycles. The minimum Gasteiger partial charge on any atom is -0.268 e. The Morgan fingerprint density at radius 1 is 1.13 bits per heavy atom. The van der Waals surface area contributed by atoms with Crippen LogP contribution < -0.4 is 5.56 Å². The lowest BCUT2D eigenvalue weighted by Crippen LogP contribution is -2.22. The van der Waals surface area contributed by atoms with Gasteiger partial charge in [-0.1, -0.05) is 18.2 Å². The third-order valence-electron chi connectivity index (χ3n) is 3.50. The second-order valence-corrected chi connectivity index (χ2v) is 6.19. The normalized spacial score (nSPS) is 12.7. The van der Waals surface area contributed by atoms with Crippen LogP contribution >= 0.6 is 0 Å². The van der Waals surface area contributed by atoms with Gasteiger partial charge in [-0.3, -0.25) is 13.4 Å². The van der Waals surface area contributed by atoms with Crippen LogP contribution in [0.25, 0.3) is 22.5 Å². The number of nitrogens with zero attached hydrogens (tertiary/aromatic N) is 5. The lowest BCUT2D eigenvalue weighted by Gasteiger charge is -2.10. The summed E-state index contributed by atoms with van der Waals surface area (Å²) in [5.41, 5.74) is 0.840. The maximum Gasteiger partial charge on any atom is 0.270 e. The van der Waals surface area contributed by atoms with Crippen LogP contribution in [0, 0.1) is 0 Å². The Hall–Kier alpha value is -2.87. The molecule has 0 radical (unpaired) electrons. The SMILES string of the molecule is CS(=O)c1ncc2c(=O)n(-c3ccccc3)c3nccn3c2n1. The van der Waals surface area contributed by atoms with Crippen LogP contribution in [0.5, 0.6) is 0 Å². The first kappa shape index (κ1) is 13.8. The molecule has 114 valence electrons. The van der Waals surface area contributed by atoms with Gasteiger partial charge < -0.3 is 0 Å². The van der Waals surface area contributed by atoms with Crippen molar-refractivity contribution in [1.82, 2.24) is 23.9 Å². The van der Waals surface area contributed by atoms with Crippen LogP contribution in [0.3, 0.4) is 0 Å². The zero-order valence-corrected chi connectivity index (χ0v) is 12.9. The summed E-state index contributed by atoms with van der Waals surface area (Å²) in [7, 11) is -1.33. The van der Waals surface area contributed by atoms with Crippen LogP contribution in [0.1, 0.15) is 0 Å². The van der Waals surface area contributed by atoms with Gasteiger partial charge in [0.15, 0.2) is 5.65 Å². The predicted molar refractivity (Wildman–Crippen MR) is 86.2 cm³/mol. The van der Waals surface area contributed by atoms with Crippen molar-refractivity contribution in [2.45, 2.75) is 5.16 Å². The molecule has 0 N–H and O–H groups in total. The highest BCUT2D eigenvalue weighted by molar-refractivity contribution is 7.84. The van der Waals surface area contributed by atoms with E-state index in [2.05, 4.69) is 15.0 Å². The van der Waals surface area contributed by atoms with Crippen LogP contribution in [0.4, 0.5) is 0 Å². The Kier molecular flexibility index (Phi) is 3.05. The van der Waals surface area contributed by atoms with Gasteiger partial charge in [-0.15, -0.1) is 0 Å². The first-order chi connectivity index (χ1) is 11.2. The molecule has 0 aliphatic heterocycles. The molecule has 4 rings (SSSR count). The van der Waals surface area contributed by atoms with Gasteiger partial charge in [-0.05, 0) is 12.1 Å². The van der Waals surface area contributed by atoms with Crippen LogP contribution in [0.15, 0.2) is 58.9 Å². The fourth-order valence-corrected chi connectivity index (χ4v) is 2.89. The monoisotopic (exact) mass is 325 g/mol.